The molecule has 0 saturated heterocycles. The van der Waals surface area contributed by atoms with Gasteiger partial charge in [0, 0.05) is 23.5 Å². The van der Waals surface area contributed by atoms with Crippen LogP contribution in [0.2, 0.25) is 0 Å². The van der Waals surface area contributed by atoms with Crippen molar-refractivity contribution in [2.45, 2.75) is 6.92 Å². The zero-order valence-corrected chi connectivity index (χ0v) is 12.8. The smallest absolute Gasteiger partial charge is 0.259 e. The summed E-state index contributed by atoms with van der Waals surface area (Å²) < 4.78 is 26.1. The van der Waals surface area contributed by atoms with E-state index in [2.05, 4.69) is 15.3 Å². The van der Waals surface area contributed by atoms with E-state index in [0.717, 1.165) is 17.7 Å². The second-order valence-electron chi connectivity index (χ2n) is 5.14. The van der Waals surface area contributed by atoms with Crippen molar-refractivity contribution < 1.29 is 13.6 Å². The Morgan fingerprint density at radius 3 is 2.46 bits per heavy atom. The van der Waals surface area contributed by atoms with Crippen LogP contribution >= 0.6 is 0 Å². The molecule has 0 spiro atoms. The maximum atomic E-state index is 13.2. The molecule has 1 N–H and O–H groups in total. The Balaban J connectivity index is 1.84. The van der Waals surface area contributed by atoms with Gasteiger partial charge in [-0.25, -0.2) is 18.7 Å². The topological polar surface area (TPSA) is 54.9 Å². The first-order valence-corrected chi connectivity index (χ1v) is 7.20. The molecule has 0 fully saturated rings. The van der Waals surface area contributed by atoms with Gasteiger partial charge in [-0.3, -0.25) is 4.79 Å². The SMILES string of the molecule is Cc1nc(-c2ccccc2)ncc1C(=O)Nc1ccc(F)c(F)c1. The number of anilines is 1. The lowest BCUT2D eigenvalue weighted by Crippen LogP contribution is -2.15. The molecule has 24 heavy (non-hydrogen) atoms. The minimum atomic E-state index is -1.03. The Bertz CT molecular complexity index is 898. The predicted octanol–water partition coefficient (Wildman–Crippen LogP) is 3.98. The van der Waals surface area contributed by atoms with Crippen molar-refractivity contribution >= 4 is 11.6 Å². The molecule has 0 atom stereocenters. The standard InChI is InChI=1S/C18H13F2N3O/c1-11-14(10-21-17(22-11)12-5-3-2-4-6-12)18(24)23-13-7-8-15(19)16(20)9-13/h2-10H,1H3,(H,23,24). The van der Waals surface area contributed by atoms with Crippen LogP contribution in [-0.4, -0.2) is 15.9 Å². The summed E-state index contributed by atoms with van der Waals surface area (Å²) in [6, 6.07) is 12.5. The highest BCUT2D eigenvalue weighted by molar-refractivity contribution is 6.04. The van der Waals surface area contributed by atoms with Crippen molar-refractivity contribution in [3.8, 4) is 11.4 Å². The van der Waals surface area contributed by atoms with E-state index in [4.69, 9.17) is 0 Å². The summed E-state index contributed by atoms with van der Waals surface area (Å²) in [4.78, 5) is 20.8. The molecule has 4 nitrogen and oxygen atoms in total. The van der Waals surface area contributed by atoms with Crippen molar-refractivity contribution in [1.82, 2.24) is 9.97 Å². The Hall–Kier alpha value is -3.15. The van der Waals surface area contributed by atoms with Gasteiger partial charge in [-0.2, -0.15) is 0 Å². The van der Waals surface area contributed by atoms with E-state index >= 15 is 0 Å². The van der Waals surface area contributed by atoms with Crippen LogP contribution in [0.15, 0.2) is 54.7 Å². The van der Waals surface area contributed by atoms with E-state index in [9.17, 15) is 13.6 Å². The summed E-state index contributed by atoms with van der Waals surface area (Å²) >= 11 is 0. The molecule has 0 unspecified atom stereocenters. The molecule has 0 radical (unpaired) electrons. The normalized spacial score (nSPS) is 10.5. The summed E-state index contributed by atoms with van der Waals surface area (Å²) in [6.45, 7) is 1.69. The number of nitrogens with zero attached hydrogens (tertiary/aromatic N) is 2. The van der Waals surface area contributed by atoms with Gasteiger partial charge in [0.25, 0.3) is 5.91 Å². The zero-order valence-electron chi connectivity index (χ0n) is 12.8. The Labute approximate surface area is 137 Å². The van der Waals surface area contributed by atoms with Crippen LogP contribution < -0.4 is 5.32 Å². The van der Waals surface area contributed by atoms with Crippen LogP contribution in [0, 0.1) is 18.6 Å². The van der Waals surface area contributed by atoms with Crippen LogP contribution in [0.1, 0.15) is 16.1 Å². The molecule has 2 aromatic carbocycles. The first kappa shape index (κ1) is 15.7. The molecule has 0 aliphatic heterocycles. The van der Waals surface area contributed by atoms with E-state index in [-0.39, 0.29) is 11.3 Å². The molecule has 3 aromatic rings. The largest absolute Gasteiger partial charge is 0.322 e. The quantitative estimate of drug-likeness (QED) is 0.792. The Morgan fingerprint density at radius 1 is 1.04 bits per heavy atom. The maximum absolute atomic E-state index is 13.2. The number of benzene rings is 2. The lowest BCUT2D eigenvalue weighted by molar-refractivity contribution is 0.102. The van der Waals surface area contributed by atoms with Crippen LogP contribution in [-0.2, 0) is 0 Å². The summed E-state index contributed by atoms with van der Waals surface area (Å²) in [5.74, 6) is -1.98. The second-order valence-corrected chi connectivity index (χ2v) is 5.14. The molecular weight excluding hydrogens is 312 g/mol. The number of amides is 1. The average Bonchev–Trinajstić information content (AvgIpc) is 2.59. The molecule has 0 aliphatic rings. The van der Waals surface area contributed by atoms with Crippen molar-refractivity contribution in [2.75, 3.05) is 5.32 Å². The van der Waals surface area contributed by atoms with Gasteiger partial charge < -0.3 is 5.32 Å². The van der Waals surface area contributed by atoms with Crippen LogP contribution in [0.5, 0.6) is 0 Å². The minimum Gasteiger partial charge on any atom is -0.322 e. The van der Waals surface area contributed by atoms with Gasteiger partial charge in [0.1, 0.15) is 0 Å². The summed E-state index contributed by atoms with van der Waals surface area (Å²) in [5.41, 5.74) is 1.75. The van der Waals surface area contributed by atoms with Gasteiger partial charge >= 0.3 is 0 Å². The highest BCUT2D eigenvalue weighted by atomic mass is 19.2. The third-order valence-corrected chi connectivity index (χ3v) is 3.43. The fraction of sp³-hybridized carbons (Fsp3) is 0.0556. The molecule has 1 aromatic heterocycles. The third-order valence-electron chi connectivity index (χ3n) is 3.43. The average molecular weight is 325 g/mol. The van der Waals surface area contributed by atoms with E-state index in [1.54, 1.807) is 6.92 Å². The van der Waals surface area contributed by atoms with Crippen LogP contribution in [0.25, 0.3) is 11.4 Å². The molecule has 1 amide bonds. The summed E-state index contributed by atoms with van der Waals surface area (Å²) in [5, 5.41) is 2.50. The van der Waals surface area contributed by atoms with Gasteiger partial charge in [-0.15, -0.1) is 0 Å². The number of hydrogen-bond donors (Lipinski definition) is 1. The first-order valence-electron chi connectivity index (χ1n) is 7.20. The molecule has 0 bridgehead atoms. The summed E-state index contributed by atoms with van der Waals surface area (Å²) in [6.07, 6.45) is 1.42. The number of halogens is 2. The molecular formula is C18H13F2N3O. The zero-order chi connectivity index (χ0) is 17.1. The van der Waals surface area contributed by atoms with Gasteiger partial charge in [0.05, 0.1) is 11.3 Å². The Morgan fingerprint density at radius 2 is 1.79 bits per heavy atom. The molecule has 6 heteroatoms. The van der Waals surface area contributed by atoms with Crippen molar-refractivity contribution in [1.29, 1.82) is 0 Å². The van der Waals surface area contributed by atoms with Crippen molar-refractivity contribution in [3.63, 3.8) is 0 Å². The van der Waals surface area contributed by atoms with Gasteiger partial charge in [-0.05, 0) is 19.1 Å². The first-order chi connectivity index (χ1) is 11.5. The van der Waals surface area contributed by atoms with E-state index in [0.29, 0.717) is 11.5 Å². The van der Waals surface area contributed by atoms with E-state index in [1.807, 2.05) is 30.3 Å². The molecule has 0 saturated carbocycles. The maximum Gasteiger partial charge on any atom is 0.259 e. The monoisotopic (exact) mass is 325 g/mol. The number of nitrogens with one attached hydrogen (secondary N) is 1. The highest BCUT2D eigenvalue weighted by Crippen LogP contribution is 2.18. The van der Waals surface area contributed by atoms with Gasteiger partial charge in [0.2, 0.25) is 0 Å². The van der Waals surface area contributed by atoms with E-state index in [1.165, 1.54) is 12.3 Å². The number of rotatable bonds is 3. The molecule has 3 rings (SSSR count). The van der Waals surface area contributed by atoms with Crippen molar-refractivity contribution in [3.05, 3.63) is 77.6 Å². The number of carbonyl (C=O) groups excluding carboxylic acids is 1. The fourth-order valence-electron chi connectivity index (χ4n) is 2.19. The van der Waals surface area contributed by atoms with Crippen LogP contribution in [0.3, 0.4) is 0 Å². The second kappa shape index (κ2) is 6.54. The number of carbonyl (C=O) groups is 1. The summed E-state index contributed by atoms with van der Waals surface area (Å²) in [7, 11) is 0. The molecule has 0 aliphatic carbocycles. The van der Waals surface area contributed by atoms with Gasteiger partial charge in [-0.1, -0.05) is 30.3 Å². The highest BCUT2D eigenvalue weighted by Gasteiger charge is 2.13. The number of aromatic nitrogens is 2. The lowest BCUT2D eigenvalue weighted by Gasteiger charge is -2.08. The number of hydrogen-bond acceptors (Lipinski definition) is 3. The lowest BCUT2D eigenvalue weighted by atomic mass is 10.2. The molecule has 1 heterocycles. The Kier molecular flexibility index (Phi) is 4.29. The molecule has 120 valence electrons. The predicted molar refractivity (Wildman–Crippen MR) is 86.5 cm³/mol. The number of aryl methyl sites for hydroxylation is 1. The van der Waals surface area contributed by atoms with Gasteiger partial charge in [0.15, 0.2) is 17.5 Å². The van der Waals surface area contributed by atoms with E-state index < -0.39 is 17.5 Å². The third kappa shape index (κ3) is 3.27. The minimum absolute atomic E-state index is 0.158. The fourth-order valence-corrected chi connectivity index (χ4v) is 2.19. The van der Waals surface area contributed by atoms with Crippen LogP contribution in [0.4, 0.5) is 14.5 Å². The van der Waals surface area contributed by atoms with Crippen molar-refractivity contribution in [2.24, 2.45) is 0 Å².